The van der Waals surface area contributed by atoms with Gasteiger partial charge in [-0.2, -0.15) is 0 Å². The van der Waals surface area contributed by atoms with E-state index >= 15 is 0 Å². The summed E-state index contributed by atoms with van der Waals surface area (Å²) in [4.78, 5) is 2.65. The number of anilines is 1. The van der Waals surface area contributed by atoms with E-state index in [1.165, 1.54) is 37.2 Å². The number of rotatable bonds is 4. The molecule has 3 heteroatoms. The Morgan fingerprint density at radius 1 is 1.32 bits per heavy atom. The molecule has 0 aromatic heterocycles. The summed E-state index contributed by atoms with van der Waals surface area (Å²) >= 11 is 0. The van der Waals surface area contributed by atoms with Gasteiger partial charge >= 0.3 is 0 Å². The zero-order valence-corrected chi connectivity index (χ0v) is 14.3. The van der Waals surface area contributed by atoms with Crippen molar-refractivity contribution in [2.75, 3.05) is 25.0 Å². The fourth-order valence-electron chi connectivity index (χ4n) is 3.56. The third-order valence-electron chi connectivity index (χ3n) is 5.29. The summed E-state index contributed by atoms with van der Waals surface area (Å²) in [6.45, 7) is 10.4. The van der Waals surface area contributed by atoms with Crippen molar-refractivity contribution < 1.29 is 4.74 Å². The lowest BCUT2D eigenvalue weighted by atomic mass is 9.96. The lowest BCUT2D eigenvalue weighted by Gasteiger charge is -2.35. The molecule has 1 saturated heterocycles. The highest BCUT2D eigenvalue weighted by atomic mass is 16.5. The number of ether oxygens (including phenoxy) is 1. The van der Waals surface area contributed by atoms with Gasteiger partial charge in [0.2, 0.25) is 0 Å². The molecule has 1 N–H and O–H groups in total. The van der Waals surface area contributed by atoms with Gasteiger partial charge in [0.25, 0.3) is 0 Å². The van der Waals surface area contributed by atoms with Crippen LogP contribution in [-0.2, 0) is 6.42 Å². The SMILES string of the molecule is CCC1CNc2cc(CC(C)N3CCC(C)CC3)ccc2O1. The smallest absolute Gasteiger partial charge is 0.142 e. The van der Waals surface area contributed by atoms with Crippen LogP contribution in [0.3, 0.4) is 0 Å². The first-order valence-electron chi connectivity index (χ1n) is 8.93. The number of fused-ring (bicyclic) bond motifs is 1. The van der Waals surface area contributed by atoms with E-state index in [-0.39, 0.29) is 0 Å². The van der Waals surface area contributed by atoms with Crippen molar-refractivity contribution in [2.45, 2.75) is 58.6 Å². The summed E-state index contributed by atoms with van der Waals surface area (Å²) in [5, 5.41) is 3.52. The second kappa shape index (κ2) is 6.91. The van der Waals surface area contributed by atoms with Crippen molar-refractivity contribution >= 4 is 5.69 Å². The first-order valence-corrected chi connectivity index (χ1v) is 8.93. The molecule has 3 nitrogen and oxygen atoms in total. The molecular weight excluding hydrogens is 272 g/mol. The minimum absolute atomic E-state index is 0.313. The predicted octanol–water partition coefficient (Wildman–Crippen LogP) is 3.93. The Labute approximate surface area is 135 Å². The van der Waals surface area contributed by atoms with Crippen molar-refractivity contribution in [3.8, 4) is 5.75 Å². The maximum Gasteiger partial charge on any atom is 0.142 e. The minimum atomic E-state index is 0.313. The molecule has 0 saturated carbocycles. The Bertz CT molecular complexity index is 494. The van der Waals surface area contributed by atoms with Crippen LogP contribution >= 0.6 is 0 Å². The van der Waals surface area contributed by atoms with Crippen LogP contribution in [0.15, 0.2) is 18.2 Å². The number of likely N-dealkylation sites (tertiary alicyclic amines) is 1. The van der Waals surface area contributed by atoms with Gasteiger partial charge in [-0.25, -0.2) is 0 Å². The standard InChI is InChI=1S/C19H30N2O/c1-4-17-13-20-18-12-16(5-6-19(18)22-17)11-15(3)21-9-7-14(2)8-10-21/h5-6,12,14-15,17,20H,4,7-11,13H2,1-3H3. The molecule has 1 fully saturated rings. The molecule has 22 heavy (non-hydrogen) atoms. The van der Waals surface area contributed by atoms with Gasteiger partial charge in [0.05, 0.1) is 12.2 Å². The Balaban J connectivity index is 1.61. The van der Waals surface area contributed by atoms with E-state index in [1.54, 1.807) is 0 Å². The molecule has 3 rings (SSSR count). The molecule has 122 valence electrons. The second-order valence-electron chi connectivity index (χ2n) is 7.13. The fraction of sp³-hybridized carbons (Fsp3) is 0.684. The zero-order chi connectivity index (χ0) is 15.5. The molecule has 2 aliphatic heterocycles. The second-order valence-corrected chi connectivity index (χ2v) is 7.13. The third-order valence-corrected chi connectivity index (χ3v) is 5.29. The summed E-state index contributed by atoms with van der Waals surface area (Å²) in [6, 6.07) is 7.29. The van der Waals surface area contributed by atoms with Crippen molar-refractivity contribution in [3.05, 3.63) is 23.8 Å². The van der Waals surface area contributed by atoms with E-state index in [9.17, 15) is 0 Å². The summed E-state index contributed by atoms with van der Waals surface area (Å²) in [6.07, 6.45) is 5.19. The number of benzene rings is 1. The number of nitrogens with zero attached hydrogens (tertiary/aromatic N) is 1. The quantitative estimate of drug-likeness (QED) is 0.912. The Morgan fingerprint density at radius 2 is 2.09 bits per heavy atom. The summed E-state index contributed by atoms with van der Waals surface area (Å²) in [5.41, 5.74) is 2.58. The Morgan fingerprint density at radius 3 is 2.82 bits per heavy atom. The molecule has 0 bridgehead atoms. The van der Waals surface area contributed by atoms with Crippen LogP contribution in [0, 0.1) is 5.92 Å². The highest BCUT2D eigenvalue weighted by Gasteiger charge is 2.22. The van der Waals surface area contributed by atoms with Crippen molar-refractivity contribution in [1.82, 2.24) is 4.90 Å². The molecule has 2 aliphatic rings. The topological polar surface area (TPSA) is 24.5 Å². The third kappa shape index (κ3) is 3.57. The summed E-state index contributed by atoms with van der Waals surface area (Å²) in [7, 11) is 0. The monoisotopic (exact) mass is 302 g/mol. The molecule has 2 atom stereocenters. The van der Waals surface area contributed by atoms with Crippen molar-refractivity contribution in [2.24, 2.45) is 5.92 Å². The molecule has 0 aliphatic carbocycles. The van der Waals surface area contributed by atoms with Crippen LogP contribution in [0.2, 0.25) is 0 Å². The van der Waals surface area contributed by atoms with Crippen molar-refractivity contribution in [3.63, 3.8) is 0 Å². The number of hydrogen-bond donors (Lipinski definition) is 1. The van der Waals surface area contributed by atoms with E-state index in [0.29, 0.717) is 12.1 Å². The lowest BCUT2D eigenvalue weighted by Crippen LogP contribution is -2.40. The van der Waals surface area contributed by atoms with Gasteiger partial charge in [-0.3, -0.25) is 0 Å². The molecule has 2 unspecified atom stereocenters. The fourth-order valence-corrected chi connectivity index (χ4v) is 3.56. The average molecular weight is 302 g/mol. The normalized spacial score (nSPS) is 24.2. The Hall–Kier alpha value is -1.22. The van der Waals surface area contributed by atoms with Crippen LogP contribution in [0.5, 0.6) is 5.75 Å². The summed E-state index contributed by atoms with van der Waals surface area (Å²) < 4.78 is 6.00. The number of piperidine rings is 1. The number of hydrogen-bond acceptors (Lipinski definition) is 3. The molecular formula is C19H30N2O. The highest BCUT2D eigenvalue weighted by Crippen LogP contribution is 2.31. The van der Waals surface area contributed by atoms with E-state index < -0.39 is 0 Å². The first-order chi connectivity index (χ1) is 10.7. The van der Waals surface area contributed by atoms with Crippen LogP contribution in [0.4, 0.5) is 5.69 Å². The van der Waals surface area contributed by atoms with Crippen molar-refractivity contribution in [1.29, 1.82) is 0 Å². The first kappa shape index (κ1) is 15.7. The largest absolute Gasteiger partial charge is 0.486 e. The minimum Gasteiger partial charge on any atom is -0.486 e. The maximum atomic E-state index is 6.00. The van der Waals surface area contributed by atoms with Gasteiger partial charge in [-0.1, -0.05) is 19.9 Å². The predicted molar refractivity (Wildman–Crippen MR) is 92.8 cm³/mol. The van der Waals surface area contributed by atoms with Crippen LogP contribution < -0.4 is 10.1 Å². The van der Waals surface area contributed by atoms with Gasteiger partial charge in [-0.15, -0.1) is 0 Å². The molecule has 1 aromatic rings. The zero-order valence-electron chi connectivity index (χ0n) is 14.3. The van der Waals surface area contributed by atoms with Gasteiger partial charge in [0, 0.05) is 6.04 Å². The lowest BCUT2D eigenvalue weighted by molar-refractivity contribution is 0.146. The van der Waals surface area contributed by atoms with E-state index in [4.69, 9.17) is 4.74 Å². The molecule has 0 spiro atoms. The van der Waals surface area contributed by atoms with E-state index in [1.807, 2.05) is 0 Å². The molecule has 1 aromatic carbocycles. The molecule has 0 radical (unpaired) electrons. The van der Waals surface area contributed by atoms with Gasteiger partial charge in [-0.05, 0) is 69.3 Å². The van der Waals surface area contributed by atoms with Gasteiger partial charge in [0.1, 0.15) is 11.9 Å². The average Bonchev–Trinajstić information content (AvgIpc) is 2.55. The molecule has 0 amide bonds. The van der Waals surface area contributed by atoms with Crippen LogP contribution in [-0.4, -0.2) is 36.7 Å². The van der Waals surface area contributed by atoms with Crippen LogP contribution in [0.1, 0.15) is 45.6 Å². The number of nitrogens with one attached hydrogen (secondary N) is 1. The van der Waals surface area contributed by atoms with E-state index in [0.717, 1.165) is 31.1 Å². The maximum absolute atomic E-state index is 6.00. The highest BCUT2D eigenvalue weighted by molar-refractivity contribution is 5.59. The van der Waals surface area contributed by atoms with E-state index in [2.05, 4.69) is 49.2 Å². The summed E-state index contributed by atoms with van der Waals surface area (Å²) in [5.74, 6) is 1.92. The molecule has 2 heterocycles. The Kier molecular flexibility index (Phi) is 4.92. The van der Waals surface area contributed by atoms with Gasteiger partial charge < -0.3 is 15.0 Å². The van der Waals surface area contributed by atoms with Crippen LogP contribution in [0.25, 0.3) is 0 Å². The van der Waals surface area contributed by atoms with Gasteiger partial charge in [0.15, 0.2) is 0 Å².